The summed E-state index contributed by atoms with van der Waals surface area (Å²) < 4.78 is 0. The van der Waals surface area contributed by atoms with Crippen molar-refractivity contribution in [1.82, 2.24) is 0 Å². The third kappa shape index (κ3) is 1.11. The van der Waals surface area contributed by atoms with Crippen LogP contribution in [0.1, 0.15) is 20.3 Å². The predicted molar refractivity (Wildman–Crippen MR) is 50.7 cm³/mol. The molecule has 0 radical (unpaired) electrons. The highest BCUT2D eigenvalue weighted by molar-refractivity contribution is 7.99. The number of hydrogen-bond donors (Lipinski definition) is 1. The topological polar surface area (TPSA) is 26.0 Å². The first-order chi connectivity index (χ1) is 5.14. The Morgan fingerprint density at radius 2 is 2.09 bits per heavy atom. The van der Waals surface area contributed by atoms with E-state index < -0.39 is 0 Å². The fourth-order valence-corrected chi connectivity index (χ4v) is 3.77. The summed E-state index contributed by atoms with van der Waals surface area (Å²) in [4.78, 5) is 0. The molecule has 0 aromatic heterocycles. The zero-order valence-electron chi connectivity index (χ0n) is 7.34. The number of hydrogen-bond acceptors (Lipinski definition) is 2. The van der Waals surface area contributed by atoms with Crippen LogP contribution in [0.25, 0.3) is 0 Å². The van der Waals surface area contributed by atoms with E-state index in [9.17, 15) is 0 Å². The Balaban J connectivity index is 1.98. The molecule has 0 amide bonds. The van der Waals surface area contributed by atoms with Crippen LogP contribution < -0.4 is 5.73 Å². The Hall–Kier alpha value is 0.310. The van der Waals surface area contributed by atoms with Gasteiger partial charge in [0.2, 0.25) is 0 Å². The van der Waals surface area contributed by atoms with Crippen LogP contribution in [0, 0.1) is 17.3 Å². The third-order valence-electron chi connectivity index (χ3n) is 3.47. The molecule has 1 heterocycles. The molecule has 1 aliphatic heterocycles. The van der Waals surface area contributed by atoms with Crippen molar-refractivity contribution in [3.63, 3.8) is 0 Å². The van der Waals surface area contributed by atoms with Gasteiger partial charge in [-0.05, 0) is 35.2 Å². The first kappa shape index (κ1) is 7.93. The lowest BCUT2D eigenvalue weighted by Gasteiger charge is -2.08. The second kappa shape index (κ2) is 2.40. The second-order valence-corrected chi connectivity index (χ2v) is 5.65. The van der Waals surface area contributed by atoms with Gasteiger partial charge in [0, 0.05) is 6.04 Å². The van der Waals surface area contributed by atoms with Crippen molar-refractivity contribution in [3.05, 3.63) is 0 Å². The summed E-state index contributed by atoms with van der Waals surface area (Å²) in [6.45, 7) is 4.62. The highest BCUT2D eigenvalue weighted by Crippen LogP contribution is 2.57. The lowest BCUT2D eigenvalue weighted by Crippen LogP contribution is -2.10. The van der Waals surface area contributed by atoms with E-state index in [-0.39, 0.29) is 0 Å². The van der Waals surface area contributed by atoms with Crippen molar-refractivity contribution < 1.29 is 0 Å². The standard InChI is InChI=1S/C9H17NS/c1-9(2)7(8(9)10)6-3-4-11-5-6/h6-8H,3-5,10H2,1-2H3. The summed E-state index contributed by atoms with van der Waals surface area (Å²) in [6, 6.07) is 0.492. The van der Waals surface area contributed by atoms with E-state index in [1.165, 1.54) is 17.9 Å². The van der Waals surface area contributed by atoms with Gasteiger partial charge in [-0.3, -0.25) is 0 Å². The third-order valence-corrected chi connectivity index (χ3v) is 4.66. The van der Waals surface area contributed by atoms with Crippen molar-refractivity contribution in [2.24, 2.45) is 23.0 Å². The monoisotopic (exact) mass is 171 g/mol. The van der Waals surface area contributed by atoms with E-state index in [0.29, 0.717) is 11.5 Å². The van der Waals surface area contributed by atoms with E-state index in [2.05, 4.69) is 25.6 Å². The lowest BCUT2D eigenvalue weighted by atomic mass is 9.97. The van der Waals surface area contributed by atoms with E-state index in [1.54, 1.807) is 0 Å². The maximum absolute atomic E-state index is 6.01. The second-order valence-electron chi connectivity index (χ2n) is 4.50. The molecular weight excluding hydrogens is 154 g/mol. The zero-order valence-corrected chi connectivity index (χ0v) is 8.16. The molecule has 1 saturated carbocycles. The summed E-state index contributed by atoms with van der Waals surface area (Å²) in [5.74, 6) is 4.49. The van der Waals surface area contributed by atoms with Crippen molar-refractivity contribution in [2.75, 3.05) is 11.5 Å². The van der Waals surface area contributed by atoms with Crippen LogP contribution in [0.4, 0.5) is 0 Å². The molecule has 1 aliphatic carbocycles. The molecule has 0 aromatic carbocycles. The first-order valence-electron chi connectivity index (χ1n) is 4.47. The van der Waals surface area contributed by atoms with Gasteiger partial charge in [0.15, 0.2) is 0 Å². The fraction of sp³-hybridized carbons (Fsp3) is 1.00. The average molecular weight is 171 g/mol. The van der Waals surface area contributed by atoms with E-state index >= 15 is 0 Å². The van der Waals surface area contributed by atoms with Gasteiger partial charge >= 0.3 is 0 Å². The van der Waals surface area contributed by atoms with Crippen molar-refractivity contribution in [2.45, 2.75) is 26.3 Å². The smallest absolute Gasteiger partial charge is 0.0131 e. The lowest BCUT2D eigenvalue weighted by molar-refractivity contribution is 0.430. The van der Waals surface area contributed by atoms with Gasteiger partial charge in [-0.2, -0.15) is 11.8 Å². The summed E-state index contributed by atoms with van der Waals surface area (Å²) in [5, 5.41) is 0. The van der Waals surface area contributed by atoms with Crippen LogP contribution in [-0.4, -0.2) is 17.5 Å². The minimum atomic E-state index is 0.454. The number of rotatable bonds is 1. The molecule has 0 aromatic rings. The van der Waals surface area contributed by atoms with Gasteiger partial charge in [0.1, 0.15) is 0 Å². The van der Waals surface area contributed by atoms with E-state index in [4.69, 9.17) is 5.73 Å². The van der Waals surface area contributed by atoms with Crippen LogP contribution in [0.3, 0.4) is 0 Å². The highest BCUT2D eigenvalue weighted by atomic mass is 32.2. The molecular formula is C9H17NS. The molecule has 1 nitrogen and oxygen atoms in total. The largest absolute Gasteiger partial charge is 0.327 e. The summed E-state index contributed by atoms with van der Waals surface area (Å²) in [6.07, 6.45) is 1.41. The SMILES string of the molecule is CC1(C)C(N)C1C1CCSC1. The molecule has 0 bridgehead atoms. The minimum Gasteiger partial charge on any atom is -0.327 e. The van der Waals surface area contributed by atoms with Gasteiger partial charge in [0.05, 0.1) is 0 Å². The van der Waals surface area contributed by atoms with Crippen LogP contribution in [-0.2, 0) is 0 Å². The van der Waals surface area contributed by atoms with Crippen molar-refractivity contribution in [1.29, 1.82) is 0 Å². The van der Waals surface area contributed by atoms with Crippen LogP contribution in [0.5, 0.6) is 0 Å². The Morgan fingerprint density at radius 1 is 1.45 bits per heavy atom. The Kier molecular flexibility index (Phi) is 1.73. The zero-order chi connectivity index (χ0) is 8.06. The molecule has 2 heteroatoms. The predicted octanol–water partition coefficient (Wildman–Crippen LogP) is 1.72. The summed E-state index contributed by atoms with van der Waals surface area (Å²) in [7, 11) is 0. The van der Waals surface area contributed by atoms with Crippen molar-refractivity contribution >= 4 is 11.8 Å². The normalized spacial score (nSPS) is 47.7. The van der Waals surface area contributed by atoms with E-state index in [0.717, 1.165) is 11.8 Å². The quantitative estimate of drug-likeness (QED) is 0.650. The van der Waals surface area contributed by atoms with Gasteiger partial charge < -0.3 is 5.73 Å². The molecule has 2 fully saturated rings. The van der Waals surface area contributed by atoms with Gasteiger partial charge in [-0.25, -0.2) is 0 Å². The van der Waals surface area contributed by atoms with E-state index in [1.807, 2.05) is 0 Å². The van der Waals surface area contributed by atoms with Gasteiger partial charge in [-0.15, -0.1) is 0 Å². The maximum atomic E-state index is 6.01. The van der Waals surface area contributed by atoms with Crippen molar-refractivity contribution in [3.8, 4) is 0 Å². The maximum Gasteiger partial charge on any atom is 0.0131 e. The molecule has 2 N–H and O–H groups in total. The molecule has 1 saturated heterocycles. The Labute approximate surface area is 73.1 Å². The van der Waals surface area contributed by atoms with Crippen LogP contribution >= 0.6 is 11.8 Å². The van der Waals surface area contributed by atoms with Crippen LogP contribution in [0.15, 0.2) is 0 Å². The Bertz CT molecular complexity index is 161. The molecule has 11 heavy (non-hydrogen) atoms. The van der Waals surface area contributed by atoms with Gasteiger partial charge in [-0.1, -0.05) is 13.8 Å². The number of nitrogens with two attached hydrogens (primary N) is 1. The molecule has 2 rings (SSSR count). The molecule has 3 atom stereocenters. The van der Waals surface area contributed by atoms with Gasteiger partial charge in [0.25, 0.3) is 0 Å². The highest BCUT2D eigenvalue weighted by Gasteiger charge is 2.58. The number of thioether (sulfide) groups is 1. The average Bonchev–Trinajstić information content (AvgIpc) is 2.40. The van der Waals surface area contributed by atoms with Crippen LogP contribution in [0.2, 0.25) is 0 Å². The first-order valence-corrected chi connectivity index (χ1v) is 5.63. The molecule has 0 spiro atoms. The summed E-state index contributed by atoms with van der Waals surface area (Å²) >= 11 is 2.10. The Morgan fingerprint density at radius 3 is 2.45 bits per heavy atom. The fourth-order valence-electron chi connectivity index (χ4n) is 2.45. The summed E-state index contributed by atoms with van der Waals surface area (Å²) in [5.41, 5.74) is 6.47. The molecule has 3 unspecified atom stereocenters. The molecule has 2 aliphatic rings. The molecule has 64 valence electrons. The minimum absolute atomic E-state index is 0.454.